The first-order chi connectivity index (χ1) is 8.60. The molecule has 2 nitrogen and oxygen atoms in total. The number of aromatic nitrogens is 2. The first-order valence-electron chi connectivity index (χ1n) is 5.19. The van der Waals surface area contributed by atoms with E-state index in [2.05, 4.69) is 9.97 Å². The largest absolute Gasteiger partial charge is 0.407 e. The van der Waals surface area contributed by atoms with Crippen LogP contribution < -0.4 is 0 Å². The van der Waals surface area contributed by atoms with Crippen molar-refractivity contribution in [3.8, 4) is 0 Å². The summed E-state index contributed by atoms with van der Waals surface area (Å²) in [6.45, 7) is 1.56. The Morgan fingerprint density at radius 1 is 1.05 bits per heavy atom. The van der Waals surface area contributed by atoms with Crippen LogP contribution in [0.1, 0.15) is 17.3 Å². The number of rotatable bonds is 1. The molecule has 2 rings (SSSR count). The Balaban J connectivity index is 2.61. The number of aryl methyl sites for hydroxylation is 1. The minimum atomic E-state index is -5.44. The van der Waals surface area contributed by atoms with Crippen molar-refractivity contribution >= 4 is 11.0 Å². The summed E-state index contributed by atoms with van der Waals surface area (Å²) in [5.41, 5.74) is 0.757. The Labute approximate surface area is 103 Å². The second-order valence-corrected chi connectivity index (χ2v) is 4.11. The predicted molar refractivity (Wildman–Crippen MR) is 55.7 cm³/mol. The number of H-pyrrole nitrogens is 1. The molecule has 0 aliphatic carbocycles. The molecule has 0 bridgehead atoms. The molecule has 104 valence electrons. The van der Waals surface area contributed by atoms with Gasteiger partial charge in [0, 0.05) is 0 Å². The summed E-state index contributed by atoms with van der Waals surface area (Å²) in [4.78, 5) is 5.55. The van der Waals surface area contributed by atoms with Gasteiger partial charge in [-0.05, 0) is 18.6 Å². The zero-order chi connectivity index (χ0) is 14.4. The molecule has 0 radical (unpaired) electrons. The Bertz CT molecular complexity index is 581. The summed E-state index contributed by atoms with van der Waals surface area (Å²) in [6, 6.07) is 4.46. The summed E-state index contributed by atoms with van der Waals surface area (Å²) in [6.07, 6.45) is -10.9. The molecule has 0 saturated heterocycles. The van der Waals surface area contributed by atoms with Gasteiger partial charge in [0.2, 0.25) is 5.92 Å². The molecule has 0 fully saturated rings. The average Bonchev–Trinajstić information content (AvgIpc) is 2.57. The van der Waals surface area contributed by atoms with Crippen LogP contribution in [0.25, 0.3) is 11.0 Å². The van der Waals surface area contributed by atoms with Gasteiger partial charge in [-0.15, -0.1) is 0 Å². The molecule has 1 heterocycles. The fraction of sp³-hybridized carbons (Fsp3) is 0.364. The standard InChI is InChI=1S/C11H8F6N2/c1-5-3-2-4-6-7(5)19-9(18-6)8(10(12,13)14)11(15,16)17/h2-4,8H,1H3,(H,18,19). The van der Waals surface area contributed by atoms with Crippen LogP contribution in [0.4, 0.5) is 26.3 Å². The quantitative estimate of drug-likeness (QED) is 0.784. The van der Waals surface area contributed by atoms with Crippen molar-refractivity contribution in [1.82, 2.24) is 9.97 Å². The van der Waals surface area contributed by atoms with Gasteiger partial charge in [0.15, 0.2) is 0 Å². The van der Waals surface area contributed by atoms with Gasteiger partial charge in [-0.1, -0.05) is 12.1 Å². The van der Waals surface area contributed by atoms with E-state index in [9.17, 15) is 26.3 Å². The van der Waals surface area contributed by atoms with Crippen LogP contribution in [0.15, 0.2) is 18.2 Å². The van der Waals surface area contributed by atoms with E-state index in [0.717, 1.165) is 0 Å². The zero-order valence-electron chi connectivity index (χ0n) is 9.52. The first-order valence-corrected chi connectivity index (χ1v) is 5.19. The highest BCUT2D eigenvalue weighted by molar-refractivity contribution is 5.78. The molecule has 1 aromatic heterocycles. The molecule has 1 N–H and O–H groups in total. The molecular formula is C11H8F6N2. The fourth-order valence-electron chi connectivity index (χ4n) is 1.83. The van der Waals surface area contributed by atoms with E-state index in [1.54, 1.807) is 13.0 Å². The van der Waals surface area contributed by atoms with Gasteiger partial charge in [0.1, 0.15) is 5.82 Å². The molecule has 0 aliphatic rings. The molecule has 0 saturated carbocycles. The lowest BCUT2D eigenvalue weighted by atomic mass is 10.1. The number of nitrogens with one attached hydrogen (secondary N) is 1. The Morgan fingerprint density at radius 2 is 1.63 bits per heavy atom. The summed E-state index contributed by atoms with van der Waals surface area (Å²) in [5.74, 6) is -4.74. The molecule has 2 aromatic rings. The van der Waals surface area contributed by atoms with E-state index in [4.69, 9.17) is 0 Å². The van der Waals surface area contributed by atoms with Crippen molar-refractivity contribution < 1.29 is 26.3 Å². The summed E-state index contributed by atoms with van der Waals surface area (Å²) in [7, 11) is 0. The second-order valence-electron chi connectivity index (χ2n) is 4.11. The van der Waals surface area contributed by atoms with E-state index in [1.165, 1.54) is 12.1 Å². The lowest BCUT2D eigenvalue weighted by Crippen LogP contribution is -2.34. The molecule has 0 atom stereocenters. The van der Waals surface area contributed by atoms with Crippen LogP contribution in [0.2, 0.25) is 0 Å². The number of halogens is 6. The van der Waals surface area contributed by atoms with Crippen molar-refractivity contribution in [2.45, 2.75) is 25.2 Å². The monoisotopic (exact) mass is 282 g/mol. The zero-order valence-corrected chi connectivity index (χ0v) is 9.52. The Morgan fingerprint density at radius 3 is 2.11 bits per heavy atom. The van der Waals surface area contributed by atoms with Crippen LogP contribution >= 0.6 is 0 Å². The van der Waals surface area contributed by atoms with Gasteiger partial charge >= 0.3 is 12.4 Å². The van der Waals surface area contributed by atoms with E-state index >= 15 is 0 Å². The SMILES string of the molecule is Cc1cccc2[nH]c(C(C(F)(F)F)C(F)(F)F)nc12. The molecule has 1 aromatic carbocycles. The highest BCUT2D eigenvalue weighted by atomic mass is 19.4. The molecule has 0 aliphatic heterocycles. The number of hydrogen-bond donors (Lipinski definition) is 1. The summed E-state index contributed by atoms with van der Waals surface area (Å²) >= 11 is 0. The third-order valence-corrected chi connectivity index (χ3v) is 2.66. The van der Waals surface area contributed by atoms with E-state index in [-0.39, 0.29) is 11.0 Å². The molecule has 0 spiro atoms. The smallest absolute Gasteiger partial charge is 0.341 e. The third kappa shape index (κ3) is 2.52. The van der Waals surface area contributed by atoms with Crippen LogP contribution in [0.5, 0.6) is 0 Å². The van der Waals surface area contributed by atoms with E-state index in [1.807, 2.05) is 0 Å². The maximum Gasteiger partial charge on any atom is 0.407 e. The minimum absolute atomic E-state index is 0.107. The predicted octanol–water partition coefficient (Wildman–Crippen LogP) is 4.08. The van der Waals surface area contributed by atoms with Crippen LogP contribution in [0.3, 0.4) is 0 Å². The lowest BCUT2D eigenvalue weighted by Gasteiger charge is -2.20. The Kier molecular flexibility index (Phi) is 2.98. The third-order valence-electron chi connectivity index (χ3n) is 2.66. The maximum atomic E-state index is 12.6. The summed E-state index contributed by atoms with van der Waals surface area (Å²) in [5, 5.41) is 0. The number of imidazole rings is 1. The highest BCUT2D eigenvalue weighted by Gasteiger charge is 2.59. The van der Waals surface area contributed by atoms with Crippen LogP contribution in [-0.4, -0.2) is 22.3 Å². The van der Waals surface area contributed by atoms with Gasteiger partial charge in [0.05, 0.1) is 11.0 Å². The van der Waals surface area contributed by atoms with E-state index < -0.39 is 24.1 Å². The second kappa shape index (κ2) is 4.14. The molecule has 0 amide bonds. The van der Waals surface area contributed by atoms with Crippen molar-refractivity contribution in [2.75, 3.05) is 0 Å². The molecule has 19 heavy (non-hydrogen) atoms. The fourth-order valence-corrected chi connectivity index (χ4v) is 1.83. The minimum Gasteiger partial charge on any atom is -0.341 e. The number of para-hydroxylation sites is 1. The van der Waals surface area contributed by atoms with Crippen molar-refractivity contribution in [2.24, 2.45) is 0 Å². The number of alkyl halides is 6. The number of fused-ring (bicyclic) bond motifs is 1. The van der Waals surface area contributed by atoms with Crippen LogP contribution in [0, 0.1) is 6.92 Å². The highest BCUT2D eigenvalue weighted by Crippen LogP contribution is 2.45. The normalized spacial score (nSPS) is 13.5. The number of aromatic amines is 1. The maximum absolute atomic E-state index is 12.6. The molecule has 8 heteroatoms. The van der Waals surface area contributed by atoms with Gasteiger partial charge in [0.25, 0.3) is 0 Å². The van der Waals surface area contributed by atoms with Crippen molar-refractivity contribution in [3.05, 3.63) is 29.6 Å². The van der Waals surface area contributed by atoms with Gasteiger partial charge in [-0.3, -0.25) is 0 Å². The van der Waals surface area contributed by atoms with Gasteiger partial charge in [-0.25, -0.2) is 4.98 Å². The average molecular weight is 282 g/mol. The van der Waals surface area contributed by atoms with Crippen LogP contribution in [-0.2, 0) is 0 Å². The van der Waals surface area contributed by atoms with Gasteiger partial charge < -0.3 is 4.98 Å². The topological polar surface area (TPSA) is 28.7 Å². The number of nitrogens with zero attached hydrogens (tertiary/aromatic N) is 1. The van der Waals surface area contributed by atoms with Gasteiger partial charge in [-0.2, -0.15) is 26.3 Å². The van der Waals surface area contributed by atoms with E-state index in [0.29, 0.717) is 5.56 Å². The first kappa shape index (κ1) is 13.7. The summed E-state index contributed by atoms with van der Waals surface area (Å²) < 4.78 is 75.3. The molecular weight excluding hydrogens is 274 g/mol. The lowest BCUT2D eigenvalue weighted by molar-refractivity contribution is -0.255. The Hall–Kier alpha value is -1.73. The molecule has 0 unspecified atom stereocenters. The van der Waals surface area contributed by atoms with Crippen molar-refractivity contribution in [1.29, 1.82) is 0 Å². The number of hydrogen-bond acceptors (Lipinski definition) is 1. The number of benzene rings is 1. The van der Waals surface area contributed by atoms with Crippen molar-refractivity contribution in [3.63, 3.8) is 0 Å².